The van der Waals surface area contributed by atoms with Gasteiger partial charge in [-0.1, -0.05) is 36.6 Å². The Morgan fingerprint density at radius 3 is 2.35 bits per heavy atom. The summed E-state index contributed by atoms with van der Waals surface area (Å²) in [6.07, 6.45) is 7.35. The van der Waals surface area contributed by atoms with E-state index in [-0.39, 0.29) is 11.5 Å². The number of carbonyl (C=O) groups excluding carboxylic acids is 1. The van der Waals surface area contributed by atoms with E-state index in [1.54, 1.807) is 6.08 Å². The molecule has 0 saturated heterocycles. The van der Waals surface area contributed by atoms with Crippen LogP contribution in [0.25, 0.3) is 0 Å². The van der Waals surface area contributed by atoms with Crippen LogP contribution in [-0.2, 0) is 4.79 Å². The molecule has 1 aliphatic rings. The Morgan fingerprint density at radius 1 is 1.22 bits per heavy atom. The van der Waals surface area contributed by atoms with Crippen LogP contribution in [-0.4, -0.2) is 22.1 Å². The lowest BCUT2D eigenvalue weighted by Crippen LogP contribution is -2.29. The number of ketones is 1. The minimum atomic E-state index is -0.753. The second-order valence-corrected chi connectivity index (χ2v) is 6.73. The van der Waals surface area contributed by atoms with Crippen LogP contribution < -0.4 is 0 Å². The molecule has 0 aromatic heterocycles. The molecule has 128 valence electrons. The van der Waals surface area contributed by atoms with Crippen LogP contribution in [0.3, 0.4) is 0 Å². The minimum Gasteiger partial charge on any atom is -0.511 e. The summed E-state index contributed by atoms with van der Waals surface area (Å²) < 4.78 is 0. The zero-order valence-corrected chi connectivity index (χ0v) is 15.0. The van der Waals surface area contributed by atoms with Crippen LogP contribution in [0.2, 0.25) is 0 Å². The molecule has 0 radical (unpaired) electrons. The average Bonchev–Trinajstić information content (AvgIpc) is 2.46. The third-order valence-corrected chi connectivity index (χ3v) is 4.00. The normalized spacial score (nSPS) is 19.3. The highest BCUT2D eigenvalue weighted by atomic mass is 16.3. The van der Waals surface area contributed by atoms with Gasteiger partial charge < -0.3 is 10.2 Å². The maximum atomic E-state index is 12.7. The van der Waals surface area contributed by atoms with Gasteiger partial charge in [0.1, 0.15) is 5.76 Å². The van der Waals surface area contributed by atoms with Crippen LogP contribution in [0.15, 0.2) is 46.3 Å². The molecule has 1 rings (SSSR count). The van der Waals surface area contributed by atoms with Crippen molar-refractivity contribution < 1.29 is 15.0 Å². The zero-order valence-electron chi connectivity index (χ0n) is 15.0. The number of Topliss-reactive ketones (excluding diaryl/α,β-unsaturated/α-hetero) is 1. The molecule has 0 aromatic rings. The Bertz CT molecular complexity index is 553. The van der Waals surface area contributed by atoms with Crippen molar-refractivity contribution in [2.75, 3.05) is 0 Å². The molecule has 2 unspecified atom stereocenters. The van der Waals surface area contributed by atoms with Gasteiger partial charge in [0.05, 0.1) is 12.0 Å². The van der Waals surface area contributed by atoms with Gasteiger partial charge in [-0.25, -0.2) is 0 Å². The van der Waals surface area contributed by atoms with Crippen LogP contribution in [0.4, 0.5) is 0 Å². The quantitative estimate of drug-likeness (QED) is 0.663. The van der Waals surface area contributed by atoms with Gasteiger partial charge in [0.25, 0.3) is 0 Å². The lowest BCUT2D eigenvalue weighted by atomic mass is 9.81. The van der Waals surface area contributed by atoms with Gasteiger partial charge in [0.2, 0.25) is 0 Å². The number of aliphatic hydroxyl groups is 2. The third-order valence-electron chi connectivity index (χ3n) is 4.00. The van der Waals surface area contributed by atoms with Crippen molar-refractivity contribution in [2.45, 2.75) is 66.4 Å². The lowest BCUT2D eigenvalue weighted by molar-refractivity contribution is -0.120. The molecule has 0 aromatic carbocycles. The number of rotatable bonds is 7. The van der Waals surface area contributed by atoms with Crippen molar-refractivity contribution in [3.63, 3.8) is 0 Å². The first kappa shape index (κ1) is 19.4. The van der Waals surface area contributed by atoms with Gasteiger partial charge in [-0.3, -0.25) is 4.79 Å². The highest BCUT2D eigenvalue weighted by molar-refractivity contribution is 6.01. The smallest absolute Gasteiger partial charge is 0.172 e. The van der Waals surface area contributed by atoms with Crippen molar-refractivity contribution in [3.8, 4) is 0 Å². The molecule has 0 bridgehead atoms. The van der Waals surface area contributed by atoms with E-state index in [9.17, 15) is 15.0 Å². The van der Waals surface area contributed by atoms with Crippen molar-refractivity contribution in [3.05, 3.63) is 46.3 Å². The molecule has 23 heavy (non-hydrogen) atoms. The molecule has 3 heteroatoms. The Hall–Kier alpha value is -1.61. The number of carbonyl (C=O) groups is 1. The molecule has 3 nitrogen and oxygen atoms in total. The maximum Gasteiger partial charge on any atom is 0.172 e. The zero-order chi connectivity index (χ0) is 17.6. The van der Waals surface area contributed by atoms with Crippen molar-refractivity contribution in [2.24, 2.45) is 5.92 Å². The first-order valence-corrected chi connectivity index (χ1v) is 8.40. The molecule has 1 aliphatic carbocycles. The van der Waals surface area contributed by atoms with Gasteiger partial charge >= 0.3 is 0 Å². The van der Waals surface area contributed by atoms with Gasteiger partial charge in [0.15, 0.2) is 5.78 Å². The molecular formula is C20H30O3. The fourth-order valence-electron chi connectivity index (χ4n) is 2.62. The highest BCUT2D eigenvalue weighted by Gasteiger charge is 2.33. The van der Waals surface area contributed by atoms with Crippen LogP contribution in [0.1, 0.15) is 60.3 Å². The summed E-state index contributed by atoms with van der Waals surface area (Å²) >= 11 is 0. The number of hydrogen-bond donors (Lipinski definition) is 2. The molecule has 2 N–H and O–H groups in total. The van der Waals surface area contributed by atoms with E-state index in [1.807, 2.05) is 46.8 Å². The predicted molar refractivity (Wildman–Crippen MR) is 95.2 cm³/mol. The van der Waals surface area contributed by atoms with Crippen molar-refractivity contribution in [1.29, 1.82) is 0 Å². The van der Waals surface area contributed by atoms with Crippen LogP contribution in [0.5, 0.6) is 0 Å². The van der Waals surface area contributed by atoms with E-state index >= 15 is 0 Å². The summed E-state index contributed by atoms with van der Waals surface area (Å²) in [7, 11) is 0. The lowest BCUT2D eigenvalue weighted by Gasteiger charge is -2.25. The Balaban J connectivity index is 3.21. The summed E-state index contributed by atoms with van der Waals surface area (Å²) in [5.41, 5.74) is 3.45. The number of allylic oxidation sites excluding steroid dienone is 7. The van der Waals surface area contributed by atoms with Gasteiger partial charge in [-0.15, -0.1) is 0 Å². The molecule has 0 fully saturated rings. The Morgan fingerprint density at radius 2 is 1.83 bits per heavy atom. The monoisotopic (exact) mass is 318 g/mol. The van der Waals surface area contributed by atoms with E-state index < -0.39 is 12.0 Å². The summed E-state index contributed by atoms with van der Waals surface area (Å²) in [5, 5.41) is 20.8. The topological polar surface area (TPSA) is 57.5 Å². The first-order chi connectivity index (χ1) is 10.8. The second-order valence-electron chi connectivity index (χ2n) is 6.73. The molecule has 2 atom stereocenters. The van der Waals surface area contributed by atoms with Crippen LogP contribution in [0, 0.1) is 5.92 Å². The molecule has 0 saturated carbocycles. The van der Waals surface area contributed by atoms with E-state index in [0.29, 0.717) is 24.8 Å². The summed E-state index contributed by atoms with van der Waals surface area (Å²) in [6.45, 7) is 9.93. The van der Waals surface area contributed by atoms with E-state index in [2.05, 4.69) is 0 Å². The van der Waals surface area contributed by atoms with Crippen molar-refractivity contribution in [1.82, 2.24) is 0 Å². The first-order valence-electron chi connectivity index (χ1n) is 8.40. The Labute approximate surface area is 140 Å². The predicted octanol–water partition coefficient (Wildman–Crippen LogP) is 4.80. The maximum absolute atomic E-state index is 12.7. The highest BCUT2D eigenvalue weighted by Crippen LogP contribution is 2.32. The standard InChI is InChI=1S/C20H30O3/c1-6-7-18(21)17-12-15(10-8-13(2)3)19(22)16(20(17)23)11-9-14(4)5/h8-9,12,16,18,21-22H,6-7,10-11H2,1-5H3. The molecule has 0 amide bonds. The number of hydrogen-bond acceptors (Lipinski definition) is 3. The van der Waals surface area contributed by atoms with E-state index in [4.69, 9.17) is 0 Å². The summed E-state index contributed by atoms with van der Waals surface area (Å²) in [5.74, 6) is -0.573. The van der Waals surface area contributed by atoms with Gasteiger partial charge in [0, 0.05) is 5.57 Å². The van der Waals surface area contributed by atoms with Crippen molar-refractivity contribution >= 4 is 5.78 Å². The summed E-state index contributed by atoms with van der Waals surface area (Å²) in [6, 6.07) is 0. The fraction of sp³-hybridized carbons (Fsp3) is 0.550. The summed E-state index contributed by atoms with van der Waals surface area (Å²) in [4.78, 5) is 12.7. The molecule has 0 heterocycles. The second kappa shape index (κ2) is 8.88. The third kappa shape index (κ3) is 5.51. The SMILES string of the molecule is CCCC(O)C1=CC(CC=C(C)C)=C(O)C(CC=C(C)C)C1=O. The fourth-order valence-corrected chi connectivity index (χ4v) is 2.62. The van der Waals surface area contributed by atoms with E-state index in [1.165, 1.54) is 0 Å². The van der Waals surface area contributed by atoms with Gasteiger partial charge in [-0.05, 0) is 58.6 Å². The van der Waals surface area contributed by atoms with E-state index in [0.717, 1.165) is 23.1 Å². The Kier molecular flexibility index (Phi) is 7.50. The van der Waals surface area contributed by atoms with Crippen LogP contribution >= 0.6 is 0 Å². The largest absolute Gasteiger partial charge is 0.511 e. The average molecular weight is 318 g/mol. The van der Waals surface area contributed by atoms with Gasteiger partial charge in [-0.2, -0.15) is 0 Å². The minimum absolute atomic E-state index is 0.150. The molecular weight excluding hydrogens is 288 g/mol. The molecule has 0 aliphatic heterocycles. The number of aliphatic hydroxyl groups excluding tert-OH is 2. The molecule has 0 spiro atoms.